The molecule has 3 fully saturated rings. The third-order valence-electron chi connectivity index (χ3n) is 6.39. The van der Waals surface area contributed by atoms with Crippen molar-refractivity contribution in [1.29, 1.82) is 0 Å². The number of rotatable bonds is 7. The van der Waals surface area contributed by atoms with E-state index in [9.17, 15) is 9.59 Å². The molecule has 1 aliphatic heterocycles. The number of carbonyl (C=O) groups is 2. The lowest BCUT2D eigenvalue weighted by Crippen LogP contribution is -2.45. The second-order valence-corrected chi connectivity index (χ2v) is 8.95. The van der Waals surface area contributed by atoms with Crippen molar-refractivity contribution in [3.63, 3.8) is 0 Å². The second-order valence-electron chi connectivity index (χ2n) is 8.95. The average molecular weight is 417 g/mol. The van der Waals surface area contributed by atoms with E-state index in [4.69, 9.17) is 4.74 Å². The third kappa shape index (κ3) is 5.66. The number of amides is 2. The summed E-state index contributed by atoms with van der Waals surface area (Å²) < 4.78 is 5.64. The molecule has 2 amide bonds. The highest BCUT2D eigenvalue weighted by molar-refractivity contribution is 5.78. The fourth-order valence-electron chi connectivity index (χ4n) is 4.44. The average Bonchev–Trinajstić information content (AvgIpc) is 3.30. The Labute approximate surface area is 177 Å². The largest absolute Gasteiger partial charge is 0.446 e. The van der Waals surface area contributed by atoms with E-state index in [2.05, 4.69) is 31.5 Å². The molecule has 4 N–H and O–H groups in total. The predicted molar refractivity (Wildman–Crippen MR) is 110 cm³/mol. The molecule has 0 spiro atoms. The van der Waals surface area contributed by atoms with Gasteiger partial charge >= 0.3 is 6.09 Å². The molecule has 3 aliphatic rings. The SMILES string of the molecule is Cc1cnc(CC(=O)NC2CC([C@H]3CC[C@@H](OC(=O)N[C@H](C)C4CC4)C3)NN2)cn1. The molecule has 9 nitrogen and oxygen atoms in total. The van der Waals surface area contributed by atoms with Crippen LogP contribution in [-0.4, -0.2) is 46.3 Å². The maximum Gasteiger partial charge on any atom is 0.407 e. The van der Waals surface area contributed by atoms with E-state index < -0.39 is 0 Å². The third-order valence-corrected chi connectivity index (χ3v) is 6.39. The van der Waals surface area contributed by atoms with E-state index in [-0.39, 0.29) is 42.8 Å². The smallest absolute Gasteiger partial charge is 0.407 e. The summed E-state index contributed by atoms with van der Waals surface area (Å²) in [5.41, 5.74) is 7.97. The van der Waals surface area contributed by atoms with Crippen molar-refractivity contribution in [3.05, 3.63) is 23.8 Å². The Morgan fingerprint density at radius 2 is 2.00 bits per heavy atom. The van der Waals surface area contributed by atoms with Crippen molar-refractivity contribution in [3.8, 4) is 0 Å². The van der Waals surface area contributed by atoms with E-state index in [1.807, 2.05) is 13.8 Å². The van der Waals surface area contributed by atoms with Gasteiger partial charge in [-0.1, -0.05) is 0 Å². The summed E-state index contributed by atoms with van der Waals surface area (Å²) in [5.74, 6) is 0.955. The summed E-state index contributed by atoms with van der Waals surface area (Å²) in [6.45, 7) is 3.91. The molecule has 1 saturated heterocycles. The van der Waals surface area contributed by atoms with E-state index in [1.54, 1.807) is 12.4 Å². The van der Waals surface area contributed by atoms with Gasteiger partial charge in [0.15, 0.2) is 0 Å². The molecule has 0 radical (unpaired) electrons. The van der Waals surface area contributed by atoms with Crippen LogP contribution in [0.5, 0.6) is 0 Å². The molecule has 2 saturated carbocycles. The van der Waals surface area contributed by atoms with Crippen LogP contribution in [0.25, 0.3) is 0 Å². The highest BCUT2D eigenvalue weighted by atomic mass is 16.6. The first-order valence-corrected chi connectivity index (χ1v) is 11.0. The molecular weight excluding hydrogens is 384 g/mol. The number of aryl methyl sites for hydroxylation is 1. The first-order chi connectivity index (χ1) is 14.5. The van der Waals surface area contributed by atoms with Crippen molar-refractivity contribution in [2.45, 2.75) is 83.1 Å². The first-order valence-electron chi connectivity index (χ1n) is 11.0. The van der Waals surface area contributed by atoms with Gasteiger partial charge in [0, 0.05) is 24.5 Å². The van der Waals surface area contributed by atoms with Crippen LogP contribution in [0.1, 0.15) is 56.8 Å². The Hall–Kier alpha value is -2.26. The van der Waals surface area contributed by atoms with Gasteiger partial charge in [-0.05, 0) is 64.2 Å². The minimum absolute atomic E-state index is 0.0306. The normalized spacial score (nSPS) is 29.4. The fraction of sp³-hybridized carbons (Fsp3) is 0.714. The number of hydrogen-bond acceptors (Lipinski definition) is 7. The quantitative estimate of drug-likeness (QED) is 0.530. The number of alkyl carbamates (subject to hydrolysis) is 1. The molecule has 30 heavy (non-hydrogen) atoms. The van der Waals surface area contributed by atoms with Crippen molar-refractivity contribution in [2.75, 3.05) is 0 Å². The second kappa shape index (κ2) is 9.26. The molecule has 1 aromatic rings. The van der Waals surface area contributed by atoms with Crippen LogP contribution < -0.4 is 21.5 Å². The minimum atomic E-state index is -0.290. The summed E-state index contributed by atoms with van der Waals surface area (Å²) in [6.07, 6.45) is 9.01. The summed E-state index contributed by atoms with van der Waals surface area (Å²) in [5, 5.41) is 5.96. The number of hydrazine groups is 1. The lowest BCUT2D eigenvalue weighted by Gasteiger charge is -2.19. The Morgan fingerprint density at radius 1 is 1.17 bits per heavy atom. The number of hydrogen-bond donors (Lipinski definition) is 4. The van der Waals surface area contributed by atoms with Crippen molar-refractivity contribution >= 4 is 12.0 Å². The van der Waals surface area contributed by atoms with Gasteiger partial charge in [0.25, 0.3) is 0 Å². The van der Waals surface area contributed by atoms with Gasteiger partial charge < -0.3 is 15.4 Å². The summed E-state index contributed by atoms with van der Waals surface area (Å²) in [6, 6.07) is 0.446. The van der Waals surface area contributed by atoms with Crippen LogP contribution in [0.15, 0.2) is 12.4 Å². The number of nitrogens with zero attached hydrogens (tertiary/aromatic N) is 2. The number of aromatic nitrogens is 2. The minimum Gasteiger partial charge on any atom is -0.446 e. The summed E-state index contributed by atoms with van der Waals surface area (Å²) in [7, 11) is 0. The van der Waals surface area contributed by atoms with Crippen LogP contribution in [0.2, 0.25) is 0 Å². The lowest BCUT2D eigenvalue weighted by atomic mass is 9.96. The van der Waals surface area contributed by atoms with Crippen LogP contribution in [0.4, 0.5) is 4.79 Å². The van der Waals surface area contributed by atoms with Crippen LogP contribution in [0, 0.1) is 18.8 Å². The van der Waals surface area contributed by atoms with Crippen molar-refractivity contribution in [1.82, 2.24) is 31.5 Å². The Kier molecular flexibility index (Phi) is 6.48. The van der Waals surface area contributed by atoms with Crippen LogP contribution in [-0.2, 0) is 16.0 Å². The molecule has 5 atom stereocenters. The van der Waals surface area contributed by atoms with E-state index >= 15 is 0 Å². The summed E-state index contributed by atoms with van der Waals surface area (Å²) >= 11 is 0. The van der Waals surface area contributed by atoms with Gasteiger partial charge in [-0.15, -0.1) is 0 Å². The maximum absolute atomic E-state index is 12.3. The van der Waals surface area contributed by atoms with Gasteiger partial charge in [-0.3, -0.25) is 20.2 Å². The van der Waals surface area contributed by atoms with E-state index in [0.29, 0.717) is 17.5 Å². The maximum atomic E-state index is 12.3. The zero-order chi connectivity index (χ0) is 21.1. The number of nitrogens with one attached hydrogen (secondary N) is 4. The molecule has 2 aliphatic carbocycles. The topological polar surface area (TPSA) is 117 Å². The molecule has 164 valence electrons. The Balaban J connectivity index is 1.17. The van der Waals surface area contributed by atoms with Crippen molar-refractivity contribution < 1.29 is 14.3 Å². The first kappa shape index (κ1) is 21.0. The molecule has 2 heterocycles. The highest BCUT2D eigenvalue weighted by Gasteiger charge is 2.37. The van der Waals surface area contributed by atoms with Gasteiger partial charge in [-0.2, -0.15) is 0 Å². The molecule has 4 rings (SSSR count). The molecular formula is C21H32N6O3. The zero-order valence-corrected chi connectivity index (χ0v) is 17.7. The van der Waals surface area contributed by atoms with Gasteiger partial charge in [-0.25, -0.2) is 10.2 Å². The monoisotopic (exact) mass is 416 g/mol. The Bertz CT molecular complexity index is 754. The fourth-order valence-corrected chi connectivity index (χ4v) is 4.44. The molecule has 1 aromatic heterocycles. The van der Waals surface area contributed by atoms with Gasteiger partial charge in [0.1, 0.15) is 6.10 Å². The lowest BCUT2D eigenvalue weighted by molar-refractivity contribution is -0.121. The van der Waals surface area contributed by atoms with E-state index in [1.165, 1.54) is 12.8 Å². The predicted octanol–water partition coefficient (Wildman–Crippen LogP) is 1.33. The highest BCUT2D eigenvalue weighted by Crippen LogP contribution is 2.34. The van der Waals surface area contributed by atoms with E-state index in [0.717, 1.165) is 31.4 Å². The summed E-state index contributed by atoms with van der Waals surface area (Å²) in [4.78, 5) is 32.8. The molecule has 2 unspecified atom stereocenters. The standard InChI is InChI=1S/C21H32N6O3/c1-12-10-23-16(11-22-12)8-20(28)25-19-9-18(26-27-19)15-5-6-17(7-15)30-21(29)24-13(2)14-3-4-14/h10-11,13-15,17-19,26-27H,3-9H2,1-2H3,(H,24,29)(H,25,28)/t13-,15+,17-,18?,19?/m1/s1. The molecule has 0 bridgehead atoms. The zero-order valence-electron chi connectivity index (χ0n) is 17.7. The van der Waals surface area contributed by atoms with Crippen LogP contribution in [0.3, 0.4) is 0 Å². The molecule has 0 aromatic carbocycles. The Morgan fingerprint density at radius 3 is 2.73 bits per heavy atom. The van der Waals surface area contributed by atoms with Crippen molar-refractivity contribution in [2.24, 2.45) is 11.8 Å². The molecule has 9 heteroatoms. The van der Waals surface area contributed by atoms with Crippen LogP contribution >= 0.6 is 0 Å². The number of carbonyl (C=O) groups excluding carboxylic acids is 2. The van der Waals surface area contributed by atoms with Gasteiger partial charge in [0.05, 0.1) is 24.0 Å². The van der Waals surface area contributed by atoms with Gasteiger partial charge in [0.2, 0.25) is 5.91 Å². The number of ether oxygens (including phenoxy) is 1.